The van der Waals surface area contributed by atoms with Crippen molar-refractivity contribution in [1.29, 1.82) is 0 Å². The Morgan fingerprint density at radius 1 is 1.44 bits per heavy atom. The molecule has 0 radical (unpaired) electrons. The Hall–Kier alpha value is -1.62. The van der Waals surface area contributed by atoms with Crippen molar-refractivity contribution in [1.82, 2.24) is 9.88 Å². The number of hydrogen-bond acceptors (Lipinski definition) is 3. The molecule has 1 aliphatic rings. The van der Waals surface area contributed by atoms with E-state index in [9.17, 15) is 9.59 Å². The van der Waals surface area contributed by atoms with Crippen molar-refractivity contribution < 1.29 is 9.53 Å². The van der Waals surface area contributed by atoms with E-state index in [1.54, 1.807) is 18.0 Å². The van der Waals surface area contributed by atoms with E-state index >= 15 is 0 Å². The summed E-state index contributed by atoms with van der Waals surface area (Å²) in [5.41, 5.74) is 0.322. The highest BCUT2D eigenvalue weighted by Crippen LogP contribution is 2.16. The average molecular weight is 250 g/mol. The normalized spacial score (nSPS) is 16.5. The molecule has 1 N–H and O–H groups in total. The third-order valence-corrected chi connectivity index (χ3v) is 3.25. The van der Waals surface area contributed by atoms with Crippen LogP contribution in [0.4, 0.5) is 0 Å². The van der Waals surface area contributed by atoms with E-state index in [1.165, 1.54) is 12.3 Å². The van der Waals surface area contributed by atoms with Gasteiger partial charge in [0.2, 0.25) is 5.56 Å². The summed E-state index contributed by atoms with van der Waals surface area (Å²) in [4.78, 5) is 27.3. The summed E-state index contributed by atoms with van der Waals surface area (Å²) in [6.07, 6.45) is 3.47. The molecule has 0 bridgehead atoms. The molecule has 0 spiro atoms. The van der Waals surface area contributed by atoms with E-state index in [-0.39, 0.29) is 11.5 Å². The molecule has 2 rings (SSSR count). The molecular formula is C13H18N2O3. The molecule has 0 aromatic carbocycles. The maximum atomic E-state index is 12.1. The molecule has 0 unspecified atom stereocenters. The van der Waals surface area contributed by atoms with Gasteiger partial charge in [-0.05, 0) is 24.8 Å². The van der Waals surface area contributed by atoms with Crippen LogP contribution >= 0.6 is 0 Å². The van der Waals surface area contributed by atoms with Crippen molar-refractivity contribution in [2.75, 3.05) is 26.8 Å². The SMILES string of the molecule is CN(CC1CCOCC1)C(=O)c1ccc(=O)[nH]c1. The summed E-state index contributed by atoms with van der Waals surface area (Å²) >= 11 is 0. The highest BCUT2D eigenvalue weighted by molar-refractivity contribution is 5.93. The van der Waals surface area contributed by atoms with Crippen molar-refractivity contribution in [2.45, 2.75) is 12.8 Å². The van der Waals surface area contributed by atoms with E-state index in [4.69, 9.17) is 4.74 Å². The van der Waals surface area contributed by atoms with Crippen LogP contribution in [-0.2, 0) is 4.74 Å². The summed E-state index contributed by atoms with van der Waals surface area (Å²) in [5, 5.41) is 0. The topological polar surface area (TPSA) is 62.4 Å². The molecule has 5 nitrogen and oxygen atoms in total. The smallest absolute Gasteiger partial charge is 0.255 e. The van der Waals surface area contributed by atoms with Crippen LogP contribution < -0.4 is 5.56 Å². The number of nitrogens with zero attached hydrogens (tertiary/aromatic N) is 1. The van der Waals surface area contributed by atoms with Crippen molar-refractivity contribution in [3.05, 3.63) is 34.2 Å². The molecule has 1 saturated heterocycles. The van der Waals surface area contributed by atoms with Crippen LogP contribution in [0.5, 0.6) is 0 Å². The summed E-state index contributed by atoms with van der Waals surface area (Å²) in [7, 11) is 1.79. The predicted octanol–water partition coefficient (Wildman–Crippen LogP) is 0.874. The second-order valence-electron chi connectivity index (χ2n) is 4.68. The van der Waals surface area contributed by atoms with Crippen LogP contribution in [-0.4, -0.2) is 42.6 Å². The van der Waals surface area contributed by atoms with Crippen LogP contribution in [0.15, 0.2) is 23.1 Å². The van der Waals surface area contributed by atoms with Gasteiger partial charge in [0.1, 0.15) is 0 Å². The molecule has 2 heterocycles. The first-order valence-electron chi connectivity index (χ1n) is 6.19. The van der Waals surface area contributed by atoms with Gasteiger partial charge < -0.3 is 14.6 Å². The van der Waals surface area contributed by atoms with Crippen LogP contribution in [0.2, 0.25) is 0 Å². The summed E-state index contributed by atoms with van der Waals surface area (Å²) < 4.78 is 5.30. The zero-order valence-electron chi connectivity index (χ0n) is 10.5. The Kier molecular flexibility index (Phi) is 4.15. The fraction of sp³-hybridized carbons (Fsp3) is 0.538. The maximum Gasteiger partial charge on any atom is 0.255 e. The predicted molar refractivity (Wildman–Crippen MR) is 67.6 cm³/mol. The van der Waals surface area contributed by atoms with Gasteiger partial charge in [0, 0.05) is 39.1 Å². The van der Waals surface area contributed by atoms with Gasteiger partial charge in [-0.3, -0.25) is 9.59 Å². The highest BCUT2D eigenvalue weighted by atomic mass is 16.5. The lowest BCUT2D eigenvalue weighted by molar-refractivity contribution is 0.0497. The van der Waals surface area contributed by atoms with E-state index in [1.807, 2.05) is 0 Å². The average Bonchev–Trinajstić information content (AvgIpc) is 2.40. The van der Waals surface area contributed by atoms with Gasteiger partial charge in [-0.25, -0.2) is 0 Å². The Morgan fingerprint density at radius 3 is 2.78 bits per heavy atom. The van der Waals surface area contributed by atoms with Gasteiger partial charge in [-0.15, -0.1) is 0 Å². The second kappa shape index (κ2) is 5.82. The molecule has 5 heteroatoms. The lowest BCUT2D eigenvalue weighted by atomic mass is 10.00. The minimum Gasteiger partial charge on any atom is -0.381 e. The Morgan fingerprint density at radius 2 is 2.17 bits per heavy atom. The number of hydrogen-bond donors (Lipinski definition) is 1. The molecule has 1 aromatic rings. The van der Waals surface area contributed by atoms with Gasteiger partial charge in [-0.1, -0.05) is 0 Å². The molecule has 0 aliphatic carbocycles. The van der Waals surface area contributed by atoms with Crippen LogP contribution in [0.1, 0.15) is 23.2 Å². The van der Waals surface area contributed by atoms with Gasteiger partial charge in [0.05, 0.1) is 5.56 Å². The van der Waals surface area contributed by atoms with E-state index in [2.05, 4.69) is 4.98 Å². The second-order valence-corrected chi connectivity index (χ2v) is 4.68. The van der Waals surface area contributed by atoms with Crippen molar-refractivity contribution >= 4 is 5.91 Å². The fourth-order valence-electron chi connectivity index (χ4n) is 2.16. The minimum atomic E-state index is -0.196. The highest BCUT2D eigenvalue weighted by Gasteiger charge is 2.19. The Bertz CT molecular complexity index is 443. The zero-order chi connectivity index (χ0) is 13.0. The number of aromatic amines is 1. The zero-order valence-corrected chi connectivity index (χ0v) is 10.5. The number of amides is 1. The van der Waals surface area contributed by atoms with Gasteiger partial charge in [0.15, 0.2) is 0 Å². The third kappa shape index (κ3) is 3.20. The van der Waals surface area contributed by atoms with Gasteiger partial charge >= 0.3 is 0 Å². The lowest BCUT2D eigenvalue weighted by Gasteiger charge is -2.27. The fourth-order valence-corrected chi connectivity index (χ4v) is 2.16. The van der Waals surface area contributed by atoms with Gasteiger partial charge in [-0.2, -0.15) is 0 Å². The number of carbonyl (C=O) groups is 1. The van der Waals surface area contributed by atoms with Crippen molar-refractivity contribution in [2.24, 2.45) is 5.92 Å². The summed E-state index contributed by atoms with van der Waals surface area (Å²) in [6.45, 7) is 2.30. The third-order valence-electron chi connectivity index (χ3n) is 3.25. The first-order valence-corrected chi connectivity index (χ1v) is 6.19. The van der Waals surface area contributed by atoms with E-state index in [0.29, 0.717) is 11.5 Å². The monoisotopic (exact) mass is 250 g/mol. The largest absolute Gasteiger partial charge is 0.381 e. The summed E-state index contributed by atoms with van der Waals surface area (Å²) in [6, 6.07) is 2.93. The number of H-pyrrole nitrogens is 1. The maximum absolute atomic E-state index is 12.1. The Balaban J connectivity index is 1.95. The van der Waals surface area contributed by atoms with Crippen LogP contribution in [0, 0.1) is 5.92 Å². The number of ether oxygens (including phenoxy) is 1. The number of carbonyl (C=O) groups excluding carboxylic acids is 1. The quantitative estimate of drug-likeness (QED) is 0.866. The lowest BCUT2D eigenvalue weighted by Crippen LogP contribution is -2.34. The molecule has 1 amide bonds. The van der Waals surface area contributed by atoms with Gasteiger partial charge in [0.25, 0.3) is 5.91 Å². The molecule has 0 atom stereocenters. The number of pyridine rings is 1. The molecule has 1 fully saturated rings. The van der Waals surface area contributed by atoms with E-state index in [0.717, 1.165) is 32.6 Å². The van der Waals surface area contributed by atoms with Crippen LogP contribution in [0.25, 0.3) is 0 Å². The van der Waals surface area contributed by atoms with E-state index < -0.39 is 0 Å². The summed E-state index contributed by atoms with van der Waals surface area (Å²) in [5.74, 6) is 0.452. The molecule has 1 aromatic heterocycles. The number of aromatic nitrogens is 1. The molecular weight excluding hydrogens is 232 g/mol. The minimum absolute atomic E-state index is 0.0576. The van der Waals surface area contributed by atoms with Crippen molar-refractivity contribution in [3.8, 4) is 0 Å². The molecule has 0 saturated carbocycles. The molecule has 1 aliphatic heterocycles. The number of nitrogens with one attached hydrogen (secondary N) is 1. The van der Waals surface area contributed by atoms with Crippen LogP contribution in [0.3, 0.4) is 0 Å². The Labute approximate surface area is 106 Å². The van der Waals surface area contributed by atoms with Crippen molar-refractivity contribution in [3.63, 3.8) is 0 Å². The molecule has 98 valence electrons. The molecule has 18 heavy (non-hydrogen) atoms. The first-order chi connectivity index (χ1) is 8.66. The standard InChI is InChI=1S/C13H18N2O3/c1-15(9-10-4-6-18-7-5-10)13(17)11-2-3-12(16)14-8-11/h2-3,8,10H,4-7,9H2,1H3,(H,14,16). The first kappa shape index (κ1) is 12.8. The number of rotatable bonds is 3.